The van der Waals surface area contributed by atoms with E-state index in [9.17, 15) is 0 Å². The Balaban J connectivity index is 2.48. The van der Waals surface area contributed by atoms with Crippen LogP contribution < -0.4 is 0 Å². The summed E-state index contributed by atoms with van der Waals surface area (Å²) in [5.41, 5.74) is 0. The SMILES string of the molecule is Sc1ccnc(-c2ncco2)n1. The first-order valence-corrected chi connectivity index (χ1v) is 3.73. The van der Waals surface area contributed by atoms with E-state index in [0.29, 0.717) is 16.7 Å². The number of nitrogens with zero attached hydrogens (tertiary/aromatic N) is 3. The monoisotopic (exact) mass is 179 g/mol. The van der Waals surface area contributed by atoms with Gasteiger partial charge in [0.15, 0.2) is 0 Å². The molecule has 0 atom stereocenters. The van der Waals surface area contributed by atoms with Gasteiger partial charge in [0.25, 0.3) is 5.89 Å². The average molecular weight is 179 g/mol. The molecule has 5 heteroatoms. The minimum Gasteiger partial charge on any atom is -0.442 e. The standard InChI is InChI=1S/C7H5N3OS/c12-5-1-2-8-6(10-5)7-9-3-4-11-7/h1-4H,(H,8,10,12). The predicted octanol–water partition coefficient (Wildman–Crippen LogP) is 1.42. The molecular formula is C7H5N3OS. The molecule has 0 fully saturated rings. The van der Waals surface area contributed by atoms with E-state index in [-0.39, 0.29) is 0 Å². The van der Waals surface area contributed by atoms with E-state index in [1.54, 1.807) is 18.5 Å². The van der Waals surface area contributed by atoms with E-state index in [0.717, 1.165) is 0 Å². The van der Waals surface area contributed by atoms with Gasteiger partial charge in [-0.25, -0.2) is 15.0 Å². The molecule has 0 saturated carbocycles. The number of thiol groups is 1. The molecule has 0 radical (unpaired) electrons. The zero-order valence-corrected chi connectivity index (χ0v) is 6.90. The van der Waals surface area contributed by atoms with Crippen LogP contribution in [-0.4, -0.2) is 15.0 Å². The summed E-state index contributed by atoms with van der Waals surface area (Å²) >= 11 is 4.06. The van der Waals surface area contributed by atoms with Crippen LogP contribution in [0, 0.1) is 0 Å². The Morgan fingerprint density at radius 2 is 2.17 bits per heavy atom. The van der Waals surface area contributed by atoms with Crippen molar-refractivity contribution in [2.45, 2.75) is 5.03 Å². The summed E-state index contributed by atoms with van der Waals surface area (Å²) in [6.45, 7) is 0. The summed E-state index contributed by atoms with van der Waals surface area (Å²) in [6.07, 6.45) is 4.63. The van der Waals surface area contributed by atoms with E-state index in [1.807, 2.05) is 0 Å². The van der Waals surface area contributed by atoms with Gasteiger partial charge in [-0.05, 0) is 6.07 Å². The first-order valence-electron chi connectivity index (χ1n) is 3.28. The van der Waals surface area contributed by atoms with Gasteiger partial charge in [0.05, 0.1) is 11.2 Å². The maximum Gasteiger partial charge on any atom is 0.264 e. The molecule has 0 saturated heterocycles. The van der Waals surface area contributed by atoms with Gasteiger partial charge in [-0.1, -0.05) is 0 Å². The van der Waals surface area contributed by atoms with Crippen LogP contribution in [0.15, 0.2) is 34.2 Å². The van der Waals surface area contributed by atoms with E-state index in [1.165, 1.54) is 6.26 Å². The Kier molecular flexibility index (Phi) is 1.79. The lowest BCUT2D eigenvalue weighted by atomic mass is 10.5. The lowest BCUT2D eigenvalue weighted by Crippen LogP contribution is -1.87. The summed E-state index contributed by atoms with van der Waals surface area (Å²) < 4.78 is 5.00. The van der Waals surface area contributed by atoms with Crippen LogP contribution in [0.4, 0.5) is 0 Å². The van der Waals surface area contributed by atoms with Crippen LogP contribution in [0.3, 0.4) is 0 Å². The first-order chi connectivity index (χ1) is 5.86. The van der Waals surface area contributed by atoms with Crippen LogP contribution in [0.1, 0.15) is 0 Å². The molecule has 0 aliphatic carbocycles. The summed E-state index contributed by atoms with van der Waals surface area (Å²) in [7, 11) is 0. The molecule has 0 amide bonds. The second-order valence-electron chi connectivity index (χ2n) is 2.08. The van der Waals surface area contributed by atoms with Crippen molar-refractivity contribution in [1.29, 1.82) is 0 Å². The van der Waals surface area contributed by atoms with Crippen LogP contribution in [0.2, 0.25) is 0 Å². The summed E-state index contributed by atoms with van der Waals surface area (Å²) in [6, 6.07) is 1.69. The molecule has 0 unspecified atom stereocenters. The molecule has 0 spiro atoms. The normalized spacial score (nSPS) is 10.1. The number of aromatic nitrogens is 3. The van der Waals surface area contributed by atoms with Crippen LogP contribution >= 0.6 is 12.6 Å². The van der Waals surface area contributed by atoms with Crippen molar-refractivity contribution < 1.29 is 4.42 Å². The molecule has 0 aliphatic heterocycles. The maximum absolute atomic E-state index is 5.00. The molecule has 2 heterocycles. The third-order valence-electron chi connectivity index (χ3n) is 1.26. The highest BCUT2D eigenvalue weighted by Gasteiger charge is 2.04. The van der Waals surface area contributed by atoms with Crippen molar-refractivity contribution in [3.05, 3.63) is 24.7 Å². The summed E-state index contributed by atoms with van der Waals surface area (Å²) in [5.74, 6) is 0.860. The van der Waals surface area contributed by atoms with Gasteiger partial charge < -0.3 is 4.42 Å². The fourth-order valence-corrected chi connectivity index (χ4v) is 0.947. The molecule has 2 aromatic heterocycles. The summed E-state index contributed by atoms with van der Waals surface area (Å²) in [4.78, 5) is 11.9. The van der Waals surface area contributed by atoms with Crippen LogP contribution in [0.25, 0.3) is 11.7 Å². The van der Waals surface area contributed by atoms with E-state index < -0.39 is 0 Å². The molecule has 0 N–H and O–H groups in total. The molecule has 12 heavy (non-hydrogen) atoms. The maximum atomic E-state index is 5.00. The quantitative estimate of drug-likeness (QED) is 0.531. The van der Waals surface area contributed by atoms with Crippen molar-refractivity contribution in [3.63, 3.8) is 0 Å². The van der Waals surface area contributed by atoms with Crippen molar-refractivity contribution in [2.75, 3.05) is 0 Å². The summed E-state index contributed by atoms with van der Waals surface area (Å²) in [5, 5.41) is 0.596. The Morgan fingerprint density at radius 1 is 1.25 bits per heavy atom. The third-order valence-corrected chi connectivity index (χ3v) is 1.51. The molecule has 2 aromatic rings. The largest absolute Gasteiger partial charge is 0.442 e. The minimum absolute atomic E-state index is 0.408. The molecular weight excluding hydrogens is 174 g/mol. The van der Waals surface area contributed by atoms with Gasteiger partial charge in [-0.15, -0.1) is 12.6 Å². The van der Waals surface area contributed by atoms with E-state index in [2.05, 4.69) is 27.6 Å². The van der Waals surface area contributed by atoms with Crippen molar-refractivity contribution in [3.8, 4) is 11.7 Å². The van der Waals surface area contributed by atoms with Gasteiger partial charge in [-0.2, -0.15) is 0 Å². The first kappa shape index (κ1) is 7.30. The molecule has 0 bridgehead atoms. The average Bonchev–Trinajstić information content (AvgIpc) is 2.56. The van der Waals surface area contributed by atoms with Gasteiger partial charge in [0.2, 0.25) is 5.82 Å². The Bertz CT molecular complexity index is 374. The van der Waals surface area contributed by atoms with Crippen molar-refractivity contribution in [2.24, 2.45) is 0 Å². The number of hydrogen-bond donors (Lipinski definition) is 1. The van der Waals surface area contributed by atoms with Gasteiger partial charge in [0, 0.05) is 6.20 Å². The van der Waals surface area contributed by atoms with E-state index in [4.69, 9.17) is 4.42 Å². The second-order valence-corrected chi connectivity index (χ2v) is 2.53. The van der Waals surface area contributed by atoms with Crippen molar-refractivity contribution >= 4 is 12.6 Å². The smallest absolute Gasteiger partial charge is 0.264 e. The fraction of sp³-hybridized carbons (Fsp3) is 0. The lowest BCUT2D eigenvalue weighted by Gasteiger charge is -1.92. The molecule has 2 rings (SSSR count). The Hall–Kier alpha value is -1.36. The van der Waals surface area contributed by atoms with Crippen LogP contribution in [0.5, 0.6) is 0 Å². The Labute approximate surface area is 74.1 Å². The highest BCUT2D eigenvalue weighted by molar-refractivity contribution is 7.80. The fourth-order valence-electron chi connectivity index (χ4n) is 0.786. The topological polar surface area (TPSA) is 51.8 Å². The highest BCUT2D eigenvalue weighted by atomic mass is 32.1. The second kappa shape index (κ2) is 2.94. The molecule has 60 valence electrons. The predicted molar refractivity (Wildman–Crippen MR) is 44.8 cm³/mol. The highest BCUT2D eigenvalue weighted by Crippen LogP contribution is 2.12. The molecule has 4 nitrogen and oxygen atoms in total. The van der Waals surface area contributed by atoms with Crippen LogP contribution in [-0.2, 0) is 0 Å². The number of hydrogen-bond acceptors (Lipinski definition) is 5. The number of rotatable bonds is 1. The van der Waals surface area contributed by atoms with E-state index >= 15 is 0 Å². The molecule has 0 aliphatic rings. The minimum atomic E-state index is 0.408. The molecule has 0 aromatic carbocycles. The van der Waals surface area contributed by atoms with Gasteiger partial charge in [-0.3, -0.25) is 0 Å². The van der Waals surface area contributed by atoms with Gasteiger partial charge in [0.1, 0.15) is 6.26 Å². The lowest BCUT2D eigenvalue weighted by molar-refractivity contribution is 0.568. The Morgan fingerprint density at radius 3 is 2.83 bits per heavy atom. The third kappa shape index (κ3) is 1.31. The zero-order chi connectivity index (χ0) is 8.39. The zero-order valence-electron chi connectivity index (χ0n) is 6.01. The number of oxazole rings is 1. The van der Waals surface area contributed by atoms with Crippen molar-refractivity contribution in [1.82, 2.24) is 15.0 Å². The van der Waals surface area contributed by atoms with Gasteiger partial charge >= 0.3 is 0 Å².